The molecule has 0 aliphatic carbocycles. The fourth-order valence-corrected chi connectivity index (χ4v) is 2.00. The Kier molecular flexibility index (Phi) is 7.15. The molecule has 4 nitrogen and oxygen atoms in total. The topological polar surface area (TPSA) is 39.7 Å². The highest BCUT2D eigenvalue weighted by Gasteiger charge is 2.14. The van der Waals surface area contributed by atoms with Gasteiger partial charge in [-0.05, 0) is 37.7 Å². The van der Waals surface area contributed by atoms with Gasteiger partial charge in [0.1, 0.15) is 5.82 Å². The molecule has 0 amide bonds. The predicted octanol–water partition coefficient (Wildman–Crippen LogP) is 2.25. The summed E-state index contributed by atoms with van der Waals surface area (Å²) in [6, 6.07) is 6.80. The van der Waals surface area contributed by atoms with Gasteiger partial charge in [0.05, 0.1) is 6.04 Å². The molecule has 0 fully saturated rings. The van der Waals surface area contributed by atoms with Gasteiger partial charge in [0.15, 0.2) is 5.96 Å². The first-order valence-corrected chi connectivity index (χ1v) is 7.30. The monoisotopic (exact) mass is 294 g/mol. The molecule has 0 spiro atoms. The zero-order valence-electron chi connectivity index (χ0n) is 13.7. The maximum atomic E-state index is 13.0. The molecule has 1 atom stereocenters. The van der Waals surface area contributed by atoms with Crippen LogP contribution < -0.4 is 10.6 Å². The van der Waals surface area contributed by atoms with Crippen molar-refractivity contribution in [1.82, 2.24) is 15.5 Å². The second-order valence-corrected chi connectivity index (χ2v) is 5.76. The Morgan fingerprint density at radius 3 is 2.19 bits per heavy atom. The van der Waals surface area contributed by atoms with Gasteiger partial charge in [-0.25, -0.2) is 4.39 Å². The Balaban J connectivity index is 2.64. The second kappa shape index (κ2) is 8.62. The van der Waals surface area contributed by atoms with Crippen LogP contribution in [-0.2, 0) is 0 Å². The van der Waals surface area contributed by atoms with E-state index in [1.54, 1.807) is 7.05 Å². The van der Waals surface area contributed by atoms with Gasteiger partial charge in [-0.1, -0.05) is 26.0 Å². The first-order chi connectivity index (χ1) is 9.93. The highest BCUT2D eigenvalue weighted by atomic mass is 19.1. The lowest BCUT2D eigenvalue weighted by molar-refractivity contribution is 0.298. The summed E-state index contributed by atoms with van der Waals surface area (Å²) in [7, 11) is 5.79. The Labute approximate surface area is 127 Å². The minimum Gasteiger partial charge on any atom is -0.356 e. The molecule has 0 bridgehead atoms. The summed E-state index contributed by atoms with van der Waals surface area (Å²) < 4.78 is 13.0. The largest absolute Gasteiger partial charge is 0.356 e. The number of rotatable bonds is 6. The molecule has 0 aliphatic rings. The second-order valence-electron chi connectivity index (χ2n) is 5.76. The molecule has 2 N–H and O–H groups in total. The van der Waals surface area contributed by atoms with Crippen molar-refractivity contribution in [1.29, 1.82) is 0 Å². The number of halogens is 1. The first kappa shape index (κ1) is 17.4. The lowest BCUT2D eigenvalue weighted by atomic mass is 10.1. The van der Waals surface area contributed by atoms with Crippen LogP contribution in [0.25, 0.3) is 0 Å². The summed E-state index contributed by atoms with van der Waals surface area (Å²) in [5.74, 6) is 1.14. The Morgan fingerprint density at radius 1 is 1.14 bits per heavy atom. The van der Waals surface area contributed by atoms with E-state index in [0.29, 0.717) is 12.5 Å². The van der Waals surface area contributed by atoms with Crippen molar-refractivity contribution in [2.75, 3.05) is 34.2 Å². The van der Waals surface area contributed by atoms with Crippen molar-refractivity contribution in [3.05, 3.63) is 35.6 Å². The molecule has 1 aromatic carbocycles. The van der Waals surface area contributed by atoms with Crippen LogP contribution in [0.1, 0.15) is 25.5 Å². The molecule has 0 saturated carbocycles. The average molecular weight is 294 g/mol. The van der Waals surface area contributed by atoms with Crippen LogP contribution in [0.2, 0.25) is 0 Å². The molecule has 1 aromatic rings. The molecule has 118 valence electrons. The van der Waals surface area contributed by atoms with Gasteiger partial charge < -0.3 is 15.5 Å². The summed E-state index contributed by atoms with van der Waals surface area (Å²) in [5, 5.41) is 6.61. The zero-order chi connectivity index (χ0) is 15.8. The van der Waals surface area contributed by atoms with E-state index >= 15 is 0 Å². The molecule has 0 aromatic heterocycles. The van der Waals surface area contributed by atoms with E-state index in [0.717, 1.165) is 18.1 Å². The number of guanidine groups is 1. The van der Waals surface area contributed by atoms with Gasteiger partial charge in [0, 0.05) is 20.1 Å². The van der Waals surface area contributed by atoms with Crippen LogP contribution >= 0.6 is 0 Å². The number of hydrogen-bond donors (Lipinski definition) is 2. The lowest BCUT2D eigenvalue weighted by Gasteiger charge is -2.26. The number of aliphatic imine (C=N–C) groups is 1. The van der Waals surface area contributed by atoms with E-state index in [1.807, 2.05) is 26.2 Å². The van der Waals surface area contributed by atoms with Gasteiger partial charge in [-0.2, -0.15) is 0 Å². The summed E-state index contributed by atoms with van der Waals surface area (Å²) in [6.07, 6.45) is 0. The van der Waals surface area contributed by atoms with Crippen molar-refractivity contribution in [2.24, 2.45) is 10.9 Å². The summed E-state index contributed by atoms with van der Waals surface area (Å²) in [5.41, 5.74) is 1.08. The molecule has 5 heteroatoms. The number of benzene rings is 1. The number of nitrogens with zero attached hydrogens (tertiary/aromatic N) is 2. The van der Waals surface area contributed by atoms with Crippen molar-refractivity contribution in [3.8, 4) is 0 Å². The molecule has 1 rings (SSSR count). The van der Waals surface area contributed by atoms with Crippen molar-refractivity contribution in [2.45, 2.75) is 19.9 Å². The lowest BCUT2D eigenvalue weighted by Crippen LogP contribution is -2.42. The van der Waals surface area contributed by atoms with Crippen molar-refractivity contribution >= 4 is 5.96 Å². The highest BCUT2D eigenvalue weighted by molar-refractivity contribution is 5.79. The molecule has 1 unspecified atom stereocenters. The number of hydrogen-bond acceptors (Lipinski definition) is 2. The molecule has 0 radical (unpaired) electrons. The standard InChI is InChI=1S/C16H27FN4/c1-12(2)10-19-16(18-3)20-11-15(21(4)5)13-6-8-14(17)9-7-13/h6-9,12,15H,10-11H2,1-5H3,(H2,18,19,20). The Morgan fingerprint density at radius 2 is 1.71 bits per heavy atom. The average Bonchev–Trinajstić information content (AvgIpc) is 2.43. The Bertz CT molecular complexity index is 440. The molecule has 0 heterocycles. The summed E-state index contributed by atoms with van der Waals surface area (Å²) in [6.45, 7) is 5.89. The van der Waals surface area contributed by atoms with Crippen LogP contribution in [0.4, 0.5) is 4.39 Å². The van der Waals surface area contributed by atoms with Crippen molar-refractivity contribution in [3.63, 3.8) is 0 Å². The minimum atomic E-state index is -0.210. The third-order valence-corrected chi connectivity index (χ3v) is 3.24. The van der Waals surface area contributed by atoms with E-state index in [-0.39, 0.29) is 11.9 Å². The molecular weight excluding hydrogens is 267 g/mol. The summed E-state index contributed by atoms with van der Waals surface area (Å²) in [4.78, 5) is 6.32. The highest BCUT2D eigenvalue weighted by Crippen LogP contribution is 2.17. The molecule has 0 aliphatic heterocycles. The van der Waals surface area contributed by atoms with Gasteiger partial charge >= 0.3 is 0 Å². The maximum absolute atomic E-state index is 13.0. The van der Waals surface area contributed by atoms with E-state index in [2.05, 4.69) is 34.4 Å². The molecule has 21 heavy (non-hydrogen) atoms. The van der Waals surface area contributed by atoms with Gasteiger partial charge in [0.2, 0.25) is 0 Å². The van der Waals surface area contributed by atoms with Gasteiger partial charge in [-0.3, -0.25) is 4.99 Å². The van der Waals surface area contributed by atoms with Gasteiger partial charge in [-0.15, -0.1) is 0 Å². The van der Waals surface area contributed by atoms with Crippen molar-refractivity contribution < 1.29 is 4.39 Å². The first-order valence-electron chi connectivity index (χ1n) is 7.30. The quantitative estimate of drug-likeness (QED) is 0.624. The third kappa shape index (κ3) is 6.12. The van der Waals surface area contributed by atoms with E-state index in [4.69, 9.17) is 0 Å². The Hall–Kier alpha value is -1.62. The van der Waals surface area contributed by atoms with Crippen LogP contribution in [0.15, 0.2) is 29.3 Å². The predicted molar refractivity (Wildman–Crippen MR) is 87.0 cm³/mol. The smallest absolute Gasteiger partial charge is 0.191 e. The van der Waals surface area contributed by atoms with Gasteiger partial charge in [0.25, 0.3) is 0 Å². The fourth-order valence-electron chi connectivity index (χ4n) is 2.00. The maximum Gasteiger partial charge on any atom is 0.191 e. The molecular formula is C16H27FN4. The van der Waals surface area contributed by atoms with E-state index in [9.17, 15) is 4.39 Å². The SMILES string of the molecule is CN=C(NCC(C)C)NCC(c1ccc(F)cc1)N(C)C. The van der Waals surface area contributed by atoms with Crippen LogP contribution in [-0.4, -0.2) is 45.1 Å². The molecule has 0 saturated heterocycles. The third-order valence-electron chi connectivity index (χ3n) is 3.24. The number of likely N-dealkylation sites (N-methyl/N-ethyl adjacent to an activating group) is 1. The van der Waals surface area contributed by atoms with Crippen LogP contribution in [0.3, 0.4) is 0 Å². The van der Waals surface area contributed by atoms with Crippen LogP contribution in [0.5, 0.6) is 0 Å². The fraction of sp³-hybridized carbons (Fsp3) is 0.562. The summed E-state index contributed by atoms with van der Waals surface area (Å²) >= 11 is 0. The normalized spacial score (nSPS) is 13.6. The van der Waals surface area contributed by atoms with E-state index < -0.39 is 0 Å². The minimum absolute atomic E-state index is 0.156. The van der Waals surface area contributed by atoms with Crippen LogP contribution in [0, 0.1) is 11.7 Å². The zero-order valence-corrected chi connectivity index (χ0v) is 13.7. The van der Waals surface area contributed by atoms with E-state index in [1.165, 1.54) is 12.1 Å². The number of nitrogens with one attached hydrogen (secondary N) is 2.